The zero-order chi connectivity index (χ0) is 59.9. The molecule has 0 radical (unpaired) electrons. The highest BCUT2D eigenvalue weighted by atomic mass is 32.9. The van der Waals surface area contributed by atoms with E-state index in [1.807, 2.05) is 11.4 Å². The van der Waals surface area contributed by atoms with Crippen molar-refractivity contribution in [1.82, 2.24) is 0 Å². The monoisotopic (exact) mass is 1290 g/mol. The molecule has 456 valence electrons. The molecule has 3 saturated heterocycles. The minimum absolute atomic E-state index is 0.00602. The van der Waals surface area contributed by atoms with Crippen molar-refractivity contribution in [3.63, 3.8) is 0 Å². The summed E-state index contributed by atoms with van der Waals surface area (Å²) in [5.41, 5.74) is -1.11. The second kappa shape index (κ2) is 35.3. The summed E-state index contributed by atoms with van der Waals surface area (Å²) in [4.78, 5) is 0. The van der Waals surface area contributed by atoms with Crippen LogP contribution < -0.4 is 0 Å². The van der Waals surface area contributed by atoms with Gasteiger partial charge in [-0.3, -0.25) is 0 Å². The van der Waals surface area contributed by atoms with Crippen molar-refractivity contribution in [3.05, 3.63) is 168 Å². The summed E-state index contributed by atoms with van der Waals surface area (Å²) in [5, 5.41) is 0.679. The van der Waals surface area contributed by atoms with E-state index in [1.54, 1.807) is 11.4 Å². The van der Waals surface area contributed by atoms with E-state index in [2.05, 4.69) is 235 Å². The highest BCUT2D eigenvalue weighted by molar-refractivity contribution is 8.68. The van der Waals surface area contributed by atoms with Crippen LogP contribution >= 0.6 is 52.1 Å². The number of hydrogen-bond acceptors (Lipinski definition) is 11. The first-order valence-electron chi connectivity index (χ1n) is 30.1. The predicted molar refractivity (Wildman–Crippen MR) is 374 cm³/mol. The Morgan fingerprint density at radius 2 is 0.902 bits per heavy atom. The number of rotatable bonds is 27. The molecule has 8 unspecified atom stereocenters. The molecule has 0 bridgehead atoms. The van der Waals surface area contributed by atoms with Crippen LogP contribution in [-0.2, 0) is 62.6 Å². The van der Waals surface area contributed by atoms with Gasteiger partial charge in [-0.2, -0.15) is 0 Å². The third-order valence-corrected chi connectivity index (χ3v) is 29.4. The van der Waals surface area contributed by atoms with E-state index in [0.29, 0.717) is 85.6 Å². The SMILES string of the molecule is C=CC(CC/C=C/CC(CC)c1ccccc1)CC(C)c1ccccc1.CC1(C)COP(=S)(S)OC1.CCC(CCC(CCC(CC(C)c1ccccc1)C(C)SP1(=S)OCC(C)(C)CO1)SP1(=S)OCC(C)(C)CO1)c1ccccc1. The molecule has 3 aliphatic heterocycles. The summed E-state index contributed by atoms with van der Waals surface area (Å²) < 4.78 is 35.8. The molecule has 0 aromatic heterocycles. The molecule has 7 rings (SSSR count). The molecule has 0 spiro atoms. The number of benzene rings is 4. The molecule has 15 heteroatoms. The summed E-state index contributed by atoms with van der Waals surface area (Å²) in [6.45, 7) is 32.5. The Bertz CT molecular complexity index is 2580. The van der Waals surface area contributed by atoms with E-state index in [4.69, 9.17) is 62.6 Å². The summed E-state index contributed by atoms with van der Waals surface area (Å²) in [6, 6.07) is 43.6. The third-order valence-electron chi connectivity index (χ3n) is 15.8. The smallest absolute Gasteiger partial charge is 0.247 e. The summed E-state index contributed by atoms with van der Waals surface area (Å²) >= 11 is 24.8. The van der Waals surface area contributed by atoms with Crippen LogP contribution in [0, 0.1) is 28.1 Å². The Balaban J connectivity index is 0.000000284. The molecule has 4 aromatic carbocycles. The van der Waals surface area contributed by atoms with Gasteiger partial charge in [-0.15, -0.1) is 6.58 Å². The van der Waals surface area contributed by atoms with E-state index in [-0.39, 0.29) is 16.2 Å². The van der Waals surface area contributed by atoms with Crippen LogP contribution in [0.25, 0.3) is 0 Å². The number of thiol groups is 1. The van der Waals surface area contributed by atoms with Crippen molar-refractivity contribution in [2.75, 3.05) is 39.6 Å². The number of hydrogen-bond donors (Lipinski definition) is 1. The van der Waals surface area contributed by atoms with Gasteiger partial charge in [0.15, 0.2) is 0 Å². The normalized spacial score (nSPS) is 21.6. The highest BCUT2D eigenvalue weighted by Crippen LogP contribution is 2.68. The van der Waals surface area contributed by atoms with Crippen molar-refractivity contribution >= 4 is 87.5 Å². The van der Waals surface area contributed by atoms with Crippen LogP contribution in [0.4, 0.5) is 0 Å². The van der Waals surface area contributed by atoms with E-state index < -0.39 is 17.1 Å². The van der Waals surface area contributed by atoms with Crippen LogP contribution in [0.5, 0.6) is 0 Å². The molecule has 0 amide bonds. The maximum atomic E-state index is 6.36. The maximum absolute atomic E-state index is 6.36. The summed E-state index contributed by atoms with van der Waals surface area (Å²) in [6.07, 6.45) is 19.3. The van der Waals surface area contributed by atoms with Gasteiger partial charge < -0.3 is 27.1 Å². The van der Waals surface area contributed by atoms with Gasteiger partial charge >= 0.3 is 0 Å². The minimum Gasteiger partial charge on any atom is -0.321 e. The first-order chi connectivity index (χ1) is 38.9. The van der Waals surface area contributed by atoms with E-state index in [1.165, 1.54) is 41.5 Å². The van der Waals surface area contributed by atoms with Gasteiger partial charge in [-0.25, -0.2) is 0 Å². The molecular weight excluding hydrogens is 1190 g/mol. The fourth-order valence-corrected chi connectivity index (χ4v) is 23.9. The zero-order valence-corrected chi connectivity index (χ0v) is 59.1. The third kappa shape index (κ3) is 26.4. The Morgan fingerprint density at radius 3 is 1.33 bits per heavy atom. The fourth-order valence-electron chi connectivity index (χ4n) is 10.3. The van der Waals surface area contributed by atoms with Gasteiger partial charge in [0.2, 0.25) is 17.1 Å². The lowest BCUT2D eigenvalue weighted by Gasteiger charge is -2.39. The quantitative estimate of drug-likeness (QED) is 0.0353. The molecule has 82 heavy (non-hydrogen) atoms. The average molecular weight is 1290 g/mol. The Hall–Kier alpha value is -0.880. The highest BCUT2D eigenvalue weighted by Gasteiger charge is 2.39. The van der Waals surface area contributed by atoms with Crippen LogP contribution in [0.3, 0.4) is 0 Å². The van der Waals surface area contributed by atoms with E-state index in [0.717, 1.165) is 51.4 Å². The maximum Gasteiger partial charge on any atom is 0.247 e. The molecule has 3 aliphatic rings. The Labute approximate surface area is 527 Å². The topological polar surface area (TPSA) is 55.4 Å². The van der Waals surface area contributed by atoms with Gasteiger partial charge in [-0.1, -0.05) is 251 Å². The summed E-state index contributed by atoms with van der Waals surface area (Å²) in [5.74, 6) is 3.25. The van der Waals surface area contributed by atoms with Crippen molar-refractivity contribution < 1.29 is 27.1 Å². The second-order valence-electron chi connectivity index (χ2n) is 25.4. The van der Waals surface area contributed by atoms with Gasteiger partial charge in [0.1, 0.15) is 0 Å². The first-order valence-corrected chi connectivity index (χ1v) is 42.1. The van der Waals surface area contributed by atoms with Crippen molar-refractivity contribution in [2.45, 2.75) is 181 Å². The molecule has 4 aromatic rings. The van der Waals surface area contributed by atoms with Crippen LogP contribution in [0.1, 0.15) is 193 Å². The van der Waals surface area contributed by atoms with Gasteiger partial charge in [0.05, 0.1) is 39.6 Å². The Morgan fingerprint density at radius 1 is 0.512 bits per heavy atom. The molecule has 0 N–H and O–H groups in total. The van der Waals surface area contributed by atoms with Crippen LogP contribution in [0.2, 0.25) is 0 Å². The minimum atomic E-state index is -2.41. The van der Waals surface area contributed by atoms with Crippen molar-refractivity contribution in [3.8, 4) is 0 Å². The lowest BCUT2D eigenvalue weighted by molar-refractivity contribution is 0.0671. The lowest BCUT2D eigenvalue weighted by Crippen LogP contribution is -2.29. The molecule has 0 saturated carbocycles. The summed E-state index contributed by atoms with van der Waals surface area (Å²) in [7, 11) is 0. The molecule has 6 nitrogen and oxygen atoms in total. The fraction of sp³-hybridized carbons (Fsp3) is 0.582. The molecule has 3 fully saturated rings. The van der Waals surface area contributed by atoms with Gasteiger partial charge in [-0.05, 0) is 164 Å². The first kappa shape index (κ1) is 71.9. The average Bonchev–Trinajstić information content (AvgIpc) is 3.49. The second-order valence-corrected chi connectivity index (χ2v) is 43.7. The zero-order valence-electron chi connectivity index (χ0n) is 51.4. The van der Waals surface area contributed by atoms with Gasteiger partial charge in [0.25, 0.3) is 0 Å². The van der Waals surface area contributed by atoms with Gasteiger partial charge in [0, 0.05) is 26.7 Å². The molecule has 0 aliphatic carbocycles. The largest absolute Gasteiger partial charge is 0.321 e. The molecule has 8 atom stereocenters. The standard InChI is InChI=1S/C36H56O4P2S4.C26H34.C5H11O2PS2/c1-8-30(32-17-13-10-14-18-32)19-21-34(46-42(44)39-26-36(6,7)27-40-42)22-20-33(23-28(2)31-15-11-9-12-16-31)29(3)45-41(43)37-24-35(4,5)25-38-41;1-4-23(21-22(3)25-17-11-7-12-18-25)15-9-6-10-16-24(5-2)26-19-13-8-14-20-26;1-5(2)3-6-8(9,10)7-4-5/h9-18,28-30,33-34H,8,19-27H2,1-7H3;4,6-8,10-14,17-20,22-24H,1,5,9,15-16,21H2,2-3H3;3-4H2,1-2H3,(H,9,10)/b;10-6+;. The van der Waals surface area contributed by atoms with Crippen molar-refractivity contribution in [1.29, 1.82) is 0 Å². The van der Waals surface area contributed by atoms with Crippen LogP contribution in [0.15, 0.2) is 146 Å². The number of allylic oxidation sites excluding steroid dienone is 3. The van der Waals surface area contributed by atoms with Crippen LogP contribution in [-0.4, -0.2) is 50.1 Å². The lowest BCUT2D eigenvalue weighted by atomic mass is 9.85. The van der Waals surface area contributed by atoms with Crippen molar-refractivity contribution in [2.24, 2.45) is 28.1 Å². The predicted octanol–water partition coefficient (Wildman–Crippen LogP) is 22.5. The van der Waals surface area contributed by atoms with E-state index in [9.17, 15) is 0 Å². The Kier molecular flexibility index (Phi) is 31.0. The molecular formula is C67H101O6P3S6. The van der Waals surface area contributed by atoms with E-state index >= 15 is 0 Å². The molecule has 3 heterocycles.